The molecule has 0 fully saturated rings. The highest BCUT2D eigenvalue weighted by atomic mass is 16.1. The third-order valence-corrected chi connectivity index (χ3v) is 10.9. The Morgan fingerprint density at radius 1 is 0.635 bits per heavy atom. The molecule has 0 N–H and O–H groups in total. The molecule has 3 heteroatoms. The van der Waals surface area contributed by atoms with E-state index in [4.69, 9.17) is 0 Å². The van der Waals surface area contributed by atoms with Crippen molar-refractivity contribution in [3.8, 4) is 5.69 Å². The number of Topliss-reactive ketones (excluding diaryl/α,β-unsaturated/α-hetero) is 1. The van der Waals surface area contributed by atoms with E-state index in [0.717, 1.165) is 40.8 Å². The van der Waals surface area contributed by atoms with Crippen LogP contribution in [0.4, 0.5) is 0 Å². The summed E-state index contributed by atoms with van der Waals surface area (Å²) in [7, 11) is 0. The van der Waals surface area contributed by atoms with E-state index >= 15 is 0 Å². The Balaban J connectivity index is 1.07. The first kappa shape index (κ1) is 30.1. The molecule has 2 aliphatic carbocycles. The lowest BCUT2D eigenvalue weighted by molar-refractivity contribution is 0.0972. The Morgan fingerprint density at radius 3 is 2.23 bits per heavy atom. The third-order valence-electron chi connectivity index (χ3n) is 10.9. The molecule has 1 aromatic heterocycles. The van der Waals surface area contributed by atoms with E-state index in [0.29, 0.717) is 27.5 Å². The standard InChI is InChI=1S/C49H31NO2/c51-48(31-13-3-1-4-14-31)41-26-27-42(36-18-8-7-17-35(36)41)49(52)47-39-21-10-9-19-37(39)43-29-32(23-25-40(43)47)33-24-28-46-44(30-33)38-20-11-12-22-45(38)50(46)34-15-5-2-6-16-34/h1-7,9-17,19-22,24,26-30,47H,23,25H2. The molecule has 0 radical (unpaired) electrons. The second kappa shape index (κ2) is 11.9. The number of hydrogen-bond donors (Lipinski definition) is 0. The number of nitrogens with zero attached hydrogens (tertiary/aromatic N) is 1. The Kier molecular flexibility index (Phi) is 6.91. The van der Waals surface area contributed by atoms with Gasteiger partial charge in [0, 0.05) is 43.9 Å². The summed E-state index contributed by atoms with van der Waals surface area (Å²) in [6.45, 7) is 0. The van der Waals surface area contributed by atoms with Crippen LogP contribution >= 0.6 is 0 Å². The van der Waals surface area contributed by atoms with E-state index in [9.17, 15) is 9.59 Å². The Morgan fingerprint density at radius 2 is 1.37 bits per heavy atom. The summed E-state index contributed by atoms with van der Waals surface area (Å²) >= 11 is 0. The van der Waals surface area contributed by atoms with Crippen molar-refractivity contribution < 1.29 is 9.59 Å². The van der Waals surface area contributed by atoms with Crippen LogP contribution < -0.4 is 0 Å². The Hall–Kier alpha value is -6.76. The van der Waals surface area contributed by atoms with E-state index in [1.54, 1.807) is 12.1 Å². The van der Waals surface area contributed by atoms with Crippen LogP contribution in [0.5, 0.6) is 0 Å². The molecule has 0 amide bonds. The van der Waals surface area contributed by atoms with Crippen molar-refractivity contribution >= 4 is 55.3 Å². The zero-order chi connectivity index (χ0) is 34.8. The SMILES string of the molecule is O=C(c1ccccc1)c1ccc(C(=O)C2C3=C(C=C(c4ccc5c(c4)c4ccccc4n5-c4ccccc4)CC3)c3ccccc32)c2c#cccc12. The summed E-state index contributed by atoms with van der Waals surface area (Å²) in [5.41, 5.74) is 12.2. The number of fused-ring (bicyclic) bond motifs is 6. The molecule has 1 heterocycles. The topological polar surface area (TPSA) is 39.1 Å². The van der Waals surface area contributed by atoms with Crippen molar-refractivity contribution in [1.29, 1.82) is 0 Å². The highest BCUT2D eigenvalue weighted by Crippen LogP contribution is 2.50. The van der Waals surface area contributed by atoms with Crippen LogP contribution in [0, 0.1) is 12.1 Å². The average Bonchev–Trinajstić information content (AvgIpc) is 3.73. The summed E-state index contributed by atoms with van der Waals surface area (Å²) < 4.78 is 2.34. The molecule has 3 nitrogen and oxygen atoms in total. The molecule has 0 saturated heterocycles. The molecule has 10 rings (SSSR count). The number of para-hydroxylation sites is 2. The minimum absolute atomic E-state index is 0.0315. The van der Waals surface area contributed by atoms with Crippen LogP contribution in [0.2, 0.25) is 0 Å². The zero-order valence-corrected chi connectivity index (χ0v) is 28.3. The van der Waals surface area contributed by atoms with Gasteiger partial charge in [-0.15, -0.1) is 0 Å². The normalized spacial score (nSPS) is 15.0. The third kappa shape index (κ3) is 4.62. The molecule has 1 unspecified atom stereocenters. The second-order valence-electron chi connectivity index (χ2n) is 13.7. The number of aromatic nitrogens is 1. The minimum Gasteiger partial charge on any atom is -0.309 e. The minimum atomic E-state index is -0.400. The molecule has 0 spiro atoms. The molecule has 8 aromatic rings. The van der Waals surface area contributed by atoms with Gasteiger partial charge in [-0.2, -0.15) is 0 Å². The molecule has 2 aliphatic rings. The first-order chi connectivity index (χ1) is 25.7. The number of rotatable bonds is 6. The van der Waals surface area contributed by atoms with E-state index in [1.165, 1.54) is 32.9 Å². The van der Waals surface area contributed by atoms with E-state index in [2.05, 4.69) is 114 Å². The lowest BCUT2D eigenvalue weighted by Gasteiger charge is -2.21. The Bertz CT molecular complexity index is 2820. The molecule has 0 saturated carbocycles. The van der Waals surface area contributed by atoms with E-state index < -0.39 is 5.92 Å². The first-order valence-electron chi connectivity index (χ1n) is 17.8. The highest BCUT2D eigenvalue weighted by Gasteiger charge is 2.38. The first-order valence-corrected chi connectivity index (χ1v) is 17.8. The summed E-state index contributed by atoms with van der Waals surface area (Å²) in [6, 6.07) is 57.1. The van der Waals surface area contributed by atoms with Gasteiger partial charge in [0.15, 0.2) is 11.6 Å². The maximum absolute atomic E-state index is 14.8. The largest absolute Gasteiger partial charge is 0.309 e. The number of allylic oxidation sites excluding steroid dienone is 4. The number of hydrogen-bond acceptors (Lipinski definition) is 2. The van der Waals surface area contributed by atoms with Gasteiger partial charge in [-0.3, -0.25) is 9.59 Å². The van der Waals surface area contributed by atoms with Gasteiger partial charge in [0.2, 0.25) is 0 Å². The van der Waals surface area contributed by atoms with Crippen molar-refractivity contribution in [3.63, 3.8) is 0 Å². The van der Waals surface area contributed by atoms with Gasteiger partial charge in [-0.05, 0) is 101 Å². The predicted molar refractivity (Wildman–Crippen MR) is 210 cm³/mol. The van der Waals surface area contributed by atoms with Crippen LogP contribution in [-0.2, 0) is 0 Å². The zero-order valence-electron chi connectivity index (χ0n) is 28.3. The highest BCUT2D eigenvalue weighted by molar-refractivity contribution is 6.21. The van der Waals surface area contributed by atoms with Gasteiger partial charge in [0.25, 0.3) is 0 Å². The van der Waals surface area contributed by atoms with E-state index in [1.807, 2.05) is 48.5 Å². The van der Waals surface area contributed by atoms with Gasteiger partial charge >= 0.3 is 0 Å². The molecular formula is C49H31NO2. The smallest absolute Gasteiger partial charge is 0.193 e. The maximum Gasteiger partial charge on any atom is 0.193 e. The summed E-state index contributed by atoms with van der Waals surface area (Å²) in [5, 5.41) is 3.81. The summed E-state index contributed by atoms with van der Waals surface area (Å²) in [5.74, 6) is -0.444. The van der Waals surface area contributed by atoms with Crippen LogP contribution in [-0.4, -0.2) is 16.1 Å². The number of carbonyl (C=O) groups is 2. The average molecular weight is 666 g/mol. The quantitative estimate of drug-likeness (QED) is 0.166. The van der Waals surface area contributed by atoms with Crippen molar-refractivity contribution in [2.45, 2.75) is 18.8 Å². The van der Waals surface area contributed by atoms with Gasteiger partial charge < -0.3 is 4.57 Å². The molecule has 0 aliphatic heterocycles. The fourth-order valence-corrected chi connectivity index (χ4v) is 8.50. The lowest BCUT2D eigenvalue weighted by Crippen LogP contribution is -2.15. The number of carbonyl (C=O) groups excluding carboxylic acids is 2. The van der Waals surface area contributed by atoms with Gasteiger partial charge in [0.1, 0.15) is 0 Å². The molecule has 0 bridgehead atoms. The van der Waals surface area contributed by atoms with Crippen molar-refractivity contribution in [2.75, 3.05) is 0 Å². The van der Waals surface area contributed by atoms with Crippen molar-refractivity contribution in [1.82, 2.24) is 4.57 Å². The number of benzene rings is 6. The van der Waals surface area contributed by atoms with Crippen molar-refractivity contribution in [3.05, 3.63) is 209 Å². The molecular weight excluding hydrogens is 635 g/mol. The van der Waals surface area contributed by atoms with Crippen LogP contribution in [0.15, 0.2) is 163 Å². The van der Waals surface area contributed by atoms with Crippen LogP contribution in [0.25, 0.3) is 49.4 Å². The molecule has 7 aromatic carbocycles. The molecule has 52 heavy (non-hydrogen) atoms. The van der Waals surface area contributed by atoms with Gasteiger partial charge in [-0.1, -0.05) is 115 Å². The lowest BCUT2D eigenvalue weighted by atomic mass is 9.81. The Labute approximate surface area is 301 Å². The second-order valence-corrected chi connectivity index (χ2v) is 13.7. The van der Waals surface area contributed by atoms with E-state index in [-0.39, 0.29) is 11.6 Å². The van der Waals surface area contributed by atoms with Crippen LogP contribution in [0.1, 0.15) is 61.7 Å². The predicted octanol–water partition coefficient (Wildman–Crippen LogP) is 11.4. The van der Waals surface area contributed by atoms with Crippen molar-refractivity contribution in [2.24, 2.45) is 0 Å². The number of ketones is 2. The monoisotopic (exact) mass is 665 g/mol. The fourth-order valence-electron chi connectivity index (χ4n) is 8.50. The maximum atomic E-state index is 14.8. The van der Waals surface area contributed by atoms with Crippen LogP contribution in [0.3, 0.4) is 0 Å². The summed E-state index contributed by atoms with van der Waals surface area (Å²) in [4.78, 5) is 28.4. The van der Waals surface area contributed by atoms with Gasteiger partial charge in [-0.25, -0.2) is 0 Å². The molecule has 244 valence electrons. The summed E-state index contributed by atoms with van der Waals surface area (Å²) in [6.07, 6.45) is 3.95. The molecule has 1 atom stereocenters. The fraction of sp³-hybridized carbons (Fsp3) is 0.0612. The van der Waals surface area contributed by atoms with Gasteiger partial charge in [0.05, 0.1) is 17.0 Å².